The summed E-state index contributed by atoms with van der Waals surface area (Å²) in [6, 6.07) is 13.9. The Bertz CT molecular complexity index is 1720. The van der Waals surface area contributed by atoms with E-state index >= 15 is 0 Å². The fraction of sp³-hybridized carbons (Fsp3) is 0.500. The lowest BCUT2D eigenvalue weighted by atomic mass is 9.93. The maximum Gasteiger partial charge on any atom is 0.508 e. The van der Waals surface area contributed by atoms with E-state index < -0.39 is 104 Å². The number of nitrogens with zero attached hydrogens (tertiary/aromatic N) is 1. The summed E-state index contributed by atoms with van der Waals surface area (Å²) in [5.74, 6) is -5.00. The van der Waals surface area contributed by atoms with E-state index in [9.17, 15) is 43.8 Å². The molecule has 19 heteroatoms. The number of hydroxylamine groups is 2. The van der Waals surface area contributed by atoms with Gasteiger partial charge < -0.3 is 43.5 Å². The number of aliphatic hydroxyl groups excluding tert-OH is 2. The van der Waals surface area contributed by atoms with Gasteiger partial charge >= 0.3 is 30.0 Å². The fourth-order valence-electron chi connectivity index (χ4n) is 4.56. The molecule has 2 aromatic carbocycles. The molecule has 3 atom stereocenters. The van der Waals surface area contributed by atoms with E-state index in [1.165, 1.54) is 20.8 Å². The predicted octanol–water partition coefficient (Wildman–Crippen LogP) is 3.27. The minimum Gasteiger partial charge on any atom is -0.463 e. The number of esters is 3. The van der Waals surface area contributed by atoms with Crippen LogP contribution in [0.5, 0.6) is 0 Å². The summed E-state index contributed by atoms with van der Waals surface area (Å²) in [6.07, 6.45) is -1.81. The first-order valence-electron chi connectivity index (χ1n) is 17.5. The van der Waals surface area contributed by atoms with Crippen LogP contribution in [0.2, 0.25) is 0 Å². The molecule has 0 bridgehead atoms. The van der Waals surface area contributed by atoms with Crippen LogP contribution in [0, 0.1) is 16.2 Å². The van der Waals surface area contributed by atoms with Crippen molar-refractivity contribution in [3.63, 3.8) is 0 Å². The second-order valence-electron chi connectivity index (χ2n) is 14.0. The second-order valence-corrected chi connectivity index (χ2v) is 14.5. The molecule has 0 aliphatic carbocycles. The number of aliphatic hydroxyl groups is 2. The Balaban J connectivity index is 1.56. The SMILES string of the molecule is CC(CO)(COC(=O)COCC(C)(COC(=O)OCC(C)(CO)C(=O)OCc1ccc(CCl)cc1)C(=O)ON1C(=O)CCC1=O)C(=O)OCc1ccc(CCl)cc1. The van der Waals surface area contributed by atoms with Gasteiger partial charge in [-0.15, -0.1) is 28.3 Å². The Kier molecular flexibility index (Phi) is 17.7. The number of carbonyl (C=O) groups excluding carboxylic acids is 7. The molecule has 312 valence electrons. The van der Waals surface area contributed by atoms with E-state index in [4.69, 9.17) is 56.5 Å². The smallest absolute Gasteiger partial charge is 0.463 e. The number of benzene rings is 2. The zero-order valence-electron chi connectivity index (χ0n) is 31.6. The molecule has 2 amide bonds. The largest absolute Gasteiger partial charge is 0.508 e. The Labute approximate surface area is 338 Å². The van der Waals surface area contributed by atoms with Crippen LogP contribution in [0.15, 0.2) is 48.5 Å². The van der Waals surface area contributed by atoms with Crippen molar-refractivity contribution in [3.8, 4) is 0 Å². The number of imide groups is 1. The van der Waals surface area contributed by atoms with Gasteiger partial charge in [0.05, 0.1) is 19.8 Å². The number of hydrogen-bond donors (Lipinski definition) is 2. The van der Waals surface area contributed by atoms with Gasteiger partial charge in [0.25, 0.3) is 11.8 Å². The molecule has 17 nitrogen and oxygen atoms in total. The van der Waals surface area contributed by atoms with Crippen molar-refractivity contribution < 1.29 is 77.0 Å². The molecule has 1 aliphatic heterocycles. The third-order valence-electron chi connectivity index (χ3n) is 8.66. The number of rotatable bonds is 22. The molecule has 3 rings (SSSR count). The van der Waals surface area contributed by atoms with Gasteiger partial charge in [0.1, 0.15) is 55.9 Å². The van der Waals surface area contributed by atoms with Gasteiger partial charge in [-0.05, 0) is 43.0 Å². The molecule has 0 aromatic heterocycles. The van der Waals surface area contributed by atoms with E-state index in [-0.39, 0.29) is 31.1 Å². The Morgan fingerprint density at radius 3 is 1.42 bits per heavy atom. The molecule has 0 radical (unpaired) electrons. The Morgan fingerprint density at radius 2 is 1.00 bits per heavy atom. The molecule has 3 unspecified atom stereocenters. The van der Waals surface area contributed by atoms with Crippen LogP contribution in [0.4, 0.5) is 4.79 Å². The fourth-order valence-corrected chi connectivity index (χ4v) is 4.92. The summed E-state index contributed by atoms with van der Waals surface area (Å²) in [5.41, 5.74) is -2.32. The molecule has 2 N–H and O–H groups in total. The van der Waals surface area contributed by atoms with Crippen LogP contribution in [-0.4, -0.2) is 103 Å². The molecule has 1 fully saturated rings. The first kappa shape index (κ1) is 46.6. The minimum atomic E-state index is -1.98. The summed E-state index contributed by atoms with van der Waals surface area (Å²) in [7, 11) is 0. The monoisotopic (exact) mass is 841 g/mol. The van der Waals surface area contributed by atoms with Crippen LogP contribution in [0.1, 0.15) is 55.9 Å². The maximum absolute atomic E-state index is 13.3. The standard InChI is InChI=1S/C38H45Cl2NO16/c1-36(19-42,32(47)52-16-27-8-4-25(14-39)5-9-27)22-54-31(46)18-51-21-38(3,34(49)57-41-29(44)12-13-30(41)45)24-56-35(50)55-23-37(2,20-43)33(48)53-17-28-10-6-26(15-40)7-11-28/h4-11,42-43H,12-24H2,1-3H3. The van der Waals surface area contributed by atoms with Crippen LogP contribution in [0.25, 0.3) is 0 Å². The second kappa shape index (κ2) is 21.6. The predicted molar refractivity (Wildman–Crippen MR) is 196 cm³/mol. The van der Waals surface area contributed by atoms with Gasteiger partial charge in [-0.1, -0.05) is 48.5 Å². The summed E-state index contributed by atoms with van der Waals surface area (Å²) in [6.45, 7) is -1.68. The lowest BCUT2D eigenvalue weighted by molar-refractivity contribution is -0.209. The van der Waals surface area contributed by atoms with Gasteiger partial charge in [-0.3, -0.25) is 19.2 Å². The average molecular weight is 843 g/mol. The maximum atomic E-state index is 13.3. The summed E-state index contributed by atoms with van der Waals surface area (Å²) in [4.78, 5) is 93.3. The third-order valence-corrected chi connectivity index (χ3v) is 9.28. The lowest BCUT2D eigenvalue weighted by Crippen LogP contribution is -2.45. The molecule has 1 saturated heterocycles. The van der Waals surface area contributed by atoms with Gasteiger partial charge in [0, 0.05) is 24.6 Å². The van der Waals surface area contributed by atoms with Crippen LogP contribution in [0.3, 0.4) is 0 Å². The van der Waals surface area contributed by atoms with E-state index in [2.05, 4.69) is 0 Å². The zero-order chi connectivity index (χ0) is 42.2. The van der Waals surface area contributed by atoms with Gasteiger partial charge in [-0.25, -0.2) is 14.4 Å². The normalized spacial score (nSPS) is 15.7. The van der Waals surface area contributed by atoms with E-state index in [1.807, 2.05) is 0 Å². The average Bonchev–Trinajstić information content (AvgIpc) is 3.54. The first-order chi connectivity index (χ1) is 27.0. The summed E-state index contributed by atoms with van der Waals surface area (Å²) < 4.78 is 31.2. The van der Waals surface area contributed by atoms with Crippen molar-refractivity contribution in [1.82, 2.24) is 5.06 Å². The van der Waals surface area contributed by atoms with Crippen molar-refractivity contribution in [3.05, 3.63) is 70.8 Å². The van der Waals surface area contributed by atoms with Crippen LogP contribution >= 0.6 is 23.2 Å². The minimum absolute atomic E-state index is 0.119. The van der Waals surface area contributed by atoms with Crippen LogP contribution in [-0.2, 0) is 87.0 Å². The van der Waals surface area contributed by atoms with Crippen molar-refractivity contribution >= 4 is 65.0 Å². The van der Waals surface area contributed by atoms with Crippen molar-refractivity contribution in [2.45, 2.75) is 58.6 Å². The lowest BCUT2D eigenvalue weighted by Gasteiger charge is -2.28. The van der Waals surface area contributed by atoms with E-state index in [1.54, 1.807) is 48.5 Å². The molecule has 0 saturated carbocycles. The highest BCUT2D eigenvalue weighted by molar-refractivity contribution is 6.17. The summed E-state index contributed by atoms with van der Waals surface area (Å²) >= 11 is 11.6. The first-order valence-corrected chi connectivity index (χ1v) is 18.5. The molecule has 2 aromatic rings. The highest BCUT2D eigenvalue weighted by atomic mass is 35.5. The molecule has 1 aliphatic rings. The van der Waals surface area contributed by atoms with Crippen LogP contribution < -0.4 is 0 Å². The highest BCUT2D eigenvalue weighted by Crippen LogP contribution is 2.25. The van der Waals surface area contributed by atoms with E-state index in [0.29, 0.717) is 22.9 Å². The van der Waals surface area contributed by atoms with Crippen molar-refractivity contribution in [1.29, 1.82) is 0 Å². The molecule has 0 spiro atoms. The van der Waals surface area contributed by atoms with E-state index in [0.717, 1.165) is 11.1 Å². The molecule has 1 heterocycles. The number of hydrogen-bond acceptors (Lipinski definition) is 16. The van der Waals surface area contributed by atoms with Crippen molar-refractivity contribution in [2.75, 3.05) is 46.2 Å². The van der Waals surface area contributed by atoms with Gasteiger partial charge in [-0.2, -0.15) is 0 Å². The number of ether oxygens (including phenoxy) is 6. The van der Waals surface area contributed by atoms with Gasteiger partial charge in [0.15, 0.2) is 0 Å². The highest BCUT2D eigenvalue weighted by Gasteiger charge is 2.44. The number of halogens is 2. The van der Waals surface area contributed by atoms with Crippen molar-refractivity contribution in [2.24, 2.45) is 16.2 Å². The molecular weight excluding hydrogens is 797 g/mol. The quantitative estimate of drug-likeness (QED) is 0.0750. The third kappa shape index (κ3) is 13.7. The number of alkyl halides is 2. The van der Waals surface area contributed by atoms with Gasteiger partial charge in [0.2, 0.25) is 0 Å². The molecular formula is C38H45Cl2NO16. The topological polar surface area (TPSA) is 228 Å². The summed E-state index contributed by atoms with van der Waals surface area (Å²) in [5, 5.41) is 20.1. The molecule has 57 heavy (non-hydrogen) atoms. The Morgan fingerprint density at radius 1 is 0.596 bits per heavy atom. The number of carbonyl (C=O) groups is 7. The zero-order valence-corrected chi connectivity index (χ0v) is 33.1. The Hall–Kier alpha value is -4.81. The number of amides is 2.